The van der Waals surface area contributed by atoms with Crippen LogP contribution in [0.4, 0.5) is 0 Å². The monoisotopic (exact) mass is 287 g/mol. The molecule has 0 aromatic carbocycles. The van der Waals surface area contributed by atoms with Crippen LogP contribution in [0.15, 0.2) is 0 Å². The molecule has 0 bridgehead atoms. The summed E-state index contributed by atoms with van der Waals surface area (Å²) in [5.74, 6) is 4.33. The second-order valence-corrected chi connectivity index (χ2v) is 8.57. The Kier molecular flexibility index (Phi) is 16.7. The van der Waals surface area contributed by atoms with E-state index >= 15 is 0 Å². The van der Waals surface area contributed by atoms with Crippen molar-refractivity contribution < 1.29 is 0 Å². The molecule has 116 valence electrons. The van der Waals surface area contributed by atoms with Crippen LogP contribution in [0.2, 0.25) is 0 Å². The van der Waals surface area contributed by atoms with Crippen LogP contribution in [0.3, 0.4) is 0 Å². The Labute approximate surface area is 126 Å². The Morgan fingerprint density at radius 1 is 0.474 bits per heavy atom. The minimum Gasteiger partial charge on any atom is -0.0654 e. The van der Waals surface area contributed by atoms with Crippen molar-refractivity contribution >= 4 is 10.9 Å². The van der Waals surface area contributed by atoms with Gasteiger partial charge in [-0.2, -0.15) is 0 Å². The van der Waals surface area contributed by atoms with Crippen LogP contribution in [0.25, 0.3) is 0 Å². The molecule has 0 spiro atoms. The first-order chi connectivity index (χ1) is 9.35. The van der Waals surface area contributed by atoms with Crippen LogP contribution in [0, 0.1) is 0 Å². The van der Waals surface area contributed by atoms with Crippen molar-refractivity contribution in [3.63, 3.8) is 0 Å². The first-order valence-corrected chi connectivity index (χ1v) is 10.7. The van der Waals surface area contributed by atoms with Crippen molar-refractivity contribution in [2.75, 3.05) is 17.3 Å². The lowest BCUT2D eigenvalue weighted by molar-refractivity contribution is 0.548. The van der Waals surface area contributed by atoms with E-state index < -0.39 is 0 Å². The molecule has 0 rings (SSSR count). The van der Waals surface area contributed by atoms with Gasteiger partial charge in [-0.25, -0.2) is 0 Å². The fourth-order valence-electron chi connectivity index (χ4n) is 2.64. The molecule has 0 fully saturated rings. The van der Waals surface area contributed by atoms with E-state index in [1.807, 2.05) is 0 Å². The largest absolute Gasteiger partial charge is 0.108 e. The second kappa shape index (κ2) is 16.4. The topological polar surface area (TPSA) is 0 Å². The maximum Gasteiger partial charge on any atom is 0.108 e. The van der Waals surface area contributed by atoms with Crippen molar-refractivity contribution in [2.45, 2.75) is 97.8 Å². The highest BCUT2D eigenvalue weighted by Crippen LogP contribution is 2.12. The maximum atomic E-state index is 2.35. The summed E-state index contributed by atoms with van der Waals surface area (Å²) in [6, 6.07) is 0. The standard InChI is InChI=1S/C18H39S/c1-4-7-8-9-10-11-12-13-14-15-16-17-18-19(5-2)6-3/h4-18H2,1-3H3/q+1. The maximum absolute atomic E-state index is 2.35. The lowest BCUT2D eigenvalue weighted by Crippen LogP contribution is -2.12. The van der Waals surface area contributed by atoms with Crippen LogP contribution in [0.5, 0.6) is 0 Å². The van der Waals surface area contributed by atoms with Crippen LogP contribution in [-0.2, 0) is 10.9 Å². The van der Waals surface area contributed by atoms with E-state index in [4.69, 9.17) is 0 Å². The number of hydrogen-bond donors (Lipinski definition) is 0. The van der Waals surface area contributed by atoms with E-state index in [2.05, 4.69) is 20.8 Å². The molecule has 1 heteroatoms. The quantitative estimate of drug-likeness (QED) is 0.243. The molecular weight excluding hydrogens is 248 g/mol. The second-order valence-electron chi connectivity index (χ2n) is 5.78. The van der Waals surface area contributed by atoms with E-state index in [1.165, 1.54) is 94.3 Å². The van der Waals surface area contributed by atoms with Gasteiger partial charge in [0.1, 0.15) is 17.3 Å². The van der Waals surface area contributed by atoms with Crippen molar-refractivity contribution in [3.05, 3.63) is 0 Å². The summed E-state index contributed by atoms with van der Waals surface area (Å²) in [7, 11) is 0.747. The molecule has 0 aliphatic heterocycles. The Bertz CT molecular complexity index is 152. The molecule has 0 amide bonds. The van der Waals surface area contributed by atoms with Crippen LogP contribution in [-0.4, -0.2) is 17.3 Å². The minimum absolute atomic E-state index is 0.747. The average molecular weight is 288 g/mol. The van der Waals surface area contributed by atoms with Gasteiger partial charge < -0.3 is 0 Å². The number of unbranched alkanes of at least 4 members (excludes halogenated alkanes) is 11. The minimum atomic E-state index is 0.747. The summed E-state index contributed by atoms with van der Waals surface area (Å²) < 4.78 is 0. The molecule has 0 aliphatic carbocycles. The molecule has 0 saturated heterocycles. The van der Waals surface area contributed by atoms with Crippen molar-refractivity contribution in [1.82, 2.24) is 0 Å². The fourth-order valence-corrected chi connectivity index (χ4v) is 4.24. The van der Waals surface area contributed by atoms with E-state index in [0.29, 0.717) is 0 Å². The molecule has 0 atom stereocenters. The Morgan fingerprint density at radius 2 is 0.842 bits per heavy atom. The van der Waals surface area contributed by atoms with Crippen molar-refractivity contribution in [2.24, 2.45) is 0 Å². The molecule has 0 radical (unpaired) electrons. The highest BCUT2D eigenvalue weighted by atomic mass is 32.2. The predicted octanol–water partition coefficient (Wildman–Crippen LogP) is 6.35. The van der Waals surface area contributed by atoms with E-state index in [0.717, 1.165) is 10.9 Å². The van der Waals surface area contributed by atoms with Crippen LogP contribution in [0.1, 0.15) is 97.8 Å². The average Bonchev–Trinajstić information content (AvgIpc) is 2.44. The zero-order valence-corrected chi connectivity index (χ0v) is 14.8. The summed E-state index contributed by atoms with van der Waals surface area (Å²) in [6.07, 6.45) is 17.6. The molecule has 0 nitrogen and oxygen atoms in total. The molecular formula is C18H39S+. The smallest absolute Gasteiger partial charge is 0.0654 e. The van der Waals surface area contributed by atoms with Gasteiger partial charge in [0.2, 0.25) is 0 Å². The van der Waals surface area contributed by atoms with E-state index in [9.17, 15) is 0 Å². The summed E-state index contributed by atoms with van der Waals surface area (Å²) in [4.78, 5) is 0. The molecule has 0 aliphatic rings. The molecule has 19 heavy (non-hydrogen) atoms. The van der Waals surface area contributed by atoms with Gasteiger partial charge in [0.15, 0.2) is 0 Å². The Balaban J connectivity index is 3.02. The van der Waals surface area contributed by atoms with Gasteiger partial charge in [0.25, 0.3) is 0 Å². The summed E-state index contributed by atoms with van der Waals surface area (Å²) >= 11 is 0. The summed E-state index contributed by atoms with van der Waals surface area (Å²) in [5.41, 5.74) is 0. The lowest BCUT2D eigenvalue weighted by Gasteiger charge is -2.04. The molecule has 0 unspecified atom stereocenters. The highest BCUT2D eigenvalue weighted by molar-refractivity contribution is 7.96. The molecule has 0 heterocycles. The first kappa shape index (κ1) is 19.4. The first-order valence-electron chi connectivity index (χ1n) is 8.99. The van der Waals surface area contributed by atoms with Gasteiger partial charge in [0, 0.05) is 0 Å². The van der Waals surface area contributed by atoms with Gasteiger partial charge in [-0.3, -0.25) is 0 Å². The lowest BCUT2D eigenvalue weighted by atomic mass is 10.1. The van der Waals surface area contributed by atoms with Crippen molar-refractivity contribution in [3.8, 4) is 0 Å². The van der Waals surface area contributed by atoms with Crippen LogP contribution < -0.4 is 0 Å². The Hall–Kier alpha value is 0.350. The molecule has 0 aromatic rings. The number of hydrogen-bond acceptors (Lipinski definition) is 0. The number of rotatable bonds is 15. The van der Waals surface area contributed by atoms with Gasteiger partial charge in [-0.05, 0) is 37.6 Å². The third kappa shape index (κ3) is 14.6. The zero-order chi connectivity index (χ0) is 14.2. The fraction of sp³-hybridized carbons (Fsp3) is 1.00. The van der Waals surface area contributed by atoms with Gasteiger partial charge in [-0.15, -0.1) is 0 Å². The van der Waals surface area contributed by atoms with Gasteiger partial charge in [-0.1, -0.05) is 71.1 Å². The van der Waals surface area contributed by atoms with E-state index in [1.54, 1.807) is 0 Å². The Morgan fingerprint density at radius 3 is 1.21 bits per heavy atom. The van der Waals surface area contributed by atoms with Gasteiger partial charge in [0.05, 0.1) is 0 Å². The third-order valence-electron chi connectivity index (χ3n) is 4.10. The molecule has 0 saturated carbocycles. The normalized spacial score (nSPS) is 11.4. The zero-order valence-electron chi connectivity index (χ0n) is 14.0. The molecule has 0 N–H and O–H groups in total. The highest BCUT2D eigenvalue weighted by Gasteiger charge is 2.10. The van der Waals surface area contributed by atoms with Crippen molar-refractivity contribution in [1.29, 1.82) is 0 Å². The van der Waals surface area contributed by atoms with Gasteiger partial charge >= 0.3 is 0 Å². The predicted molar refractivity (Wildman–Crippen MR) is 94.4 cm³/mol. The SMILES string of the molecule is CCCCCCCCCCCCCC[S+](CC)CC. The molecule has 0 aromatic heterocycles. The summed E-state index contributed by atoms with van der Waals surface area (Å²) in [6.45, 7) is 7.00. The van der Waals surface area contributed by atoms with E-state index in [-0.39, 0.29) is 0 Å². The van der Waals surface area contributed by atoms with Crippen LogP contribution >= 0.6 is 0 Å². The summed E-state index contributed by atoms with van der Waals surface area (Å²) in [5, 5.41) is 0. The third-order valence-corrected chi connectivity index (χ3v) is 6.60.